The molecule has 0 spiro atoms. The van der Waals surface area contributed by atoms with E-state index in [1.165, 1.54) is 4.52 Å². The summed E-state index contributed by atoms with van der Waals surface area (Å²) in [4.78, 5) is 14.1. The molecule has 0 unspecified atom stereocenters. The van der Waals surface area contributed by atoms with E-state index in [9.17, 15) is 4.79 Å². The Kier molecular flexibility index (Phi) is 1.98. The van der Waals surface area contributed by atoms with E-state index in [2.05, 4.69) is 20.6 Å². The summed E-state index contributed by atoms with van der Waals surface area (Å²) in [5.41, 5.74) is 1.25. The Labute approximate surface area is 78.4 Å². The summed E-state index contributed by atoms with van der Waals surface area (Å²) in [5.74, 6) is 0. The fourth-order valence-electron chi connectivity index (χ4n) is 1.08. The van der Waals surface area contributed by atoms with Crippen LogP contribution in [0.4, 0.5) is 4.79 Å². The number of nitrogens with zero attached hydrogens (tertiary/aromatic N) is 4. The Balaban J connectivity index is 2.29. The molecule has 0 aliphatic rings. The lowest BCUT2D eigenvalue weighted by Crippen LogP contribution is -2.20. The smallest absolute Gasteiger partial charge is 0.404 e. The maximum absolute atomic E-state index is 10.2. The maximum atomic E-state index is 10.2. The maximum Gasteiger partial charge on any atom is 0.404 e. The number of rotatable bonds is 2. The minimum atomic E-state index is -1.09. The van der Waals surface area contributed by atoms with Gasteiger partial charge in [0.15, 0.2) is 0 Å². The first kappa shape index (κ1) is 8.42. The van der Waals surface area contributed by atoms with E-state index in [4.69, 9.17) is 5.11 Å². The zero-order valence-electron chi connectivity index (χ0n) is 7.08. The van der Waals surface area contributed by atoms with Gasteiger partial charge in [-0.15, -0.1) is 5.10 Å². The second kappa shape index (κ2) is 3.29. The standard InChI is InChI=1S/C7H7N5O2/c13-7(14)9-3-5-6-4-8-1-2-12(6)11-10-5/h1-2,4,9H,3H2,(H,13,14). The van der Waals surface area contributed by atoms with Crippen molar-refractivity contribution in [3.63, 3.8) is 0 Å². The van der Waals surface area contributed by atoms with Gasteiger partial charge < -0.3 is 10.4 Å². The van der Waals surface area contributed by atoms with Gasteiger partial charge >= 0.3 is 6.09 Å². The van der Waals surface area contributed by atoms with Crippen molar-refractivity contribution in [2.45, 2.75) is 6.54 Å². The van der Waals surface area contributed by atoms with Crippen LogP contribution in [-0.4, -0.2) is 31.0 Å². The van der Waals surface area contributed by atoms with Crippen LogP contribution in [0.5, 0.6) is 0 Å². The van der Waals surface area contributed by atoms with E-state index in [1.807, 2.05) is 0 Å². The number of aromatic nitrogens is 4. The molecule has 14 heavy (non-hydrogen) atoms. The third kappa shape index (κ3) is 1.47. The third-order valence-electron chi connectivity index (χ3n) is 1.70. The number of nitrogens with one attached hydrogen (secondary N) is 1. The molecule has 7 nitrogen and oxygen atoms in total. The van der Waals surface area contributed by atoms with Crippen molar-refractivity contribution >= 4 is 11.6 Å². The average Bonchev–Trinajstić information content (AvgIpc) is 2.58. The van der Waals surface area contributed by atoms with Crippen LogP contribution in [0, 0.1) is 0 Å². The second-order valence-electron chi connectivity index (χ2n) is 2.60. The fraction of sp³-hybridized carbons (Fsp3) is 0.143. The van der Waals surface area contributed by atoms with Gasteiger partial charge in [0.05, 0.1) is 12.7 Å². The topological polar surface area (TPSA) is 92.4 Å². The van der Waals surface area contributed by atoms with Crippen molar-refractivity contribution in [2.75, 3.05) is 0 Å². The van der Waals surface area contributed by atoms with Crippen LogP contribution in [0.1, 0.15) is 5.69 Å². The fourth-order valence-corrected chi connectivity index (χ4v) is 1.08. The Hall–Kier alpha value is -2.18. The molecule has 0 aromatic carbocycles. The minimum absolute atomic E-state index is 0.129. The number of hydrogen-bond donors (Lipinski definition) is 2. The lowest BCUT2D eigenvalue weighted by molar-refractivity contribution is 0.194. The zero-order valence-corrected chi connectivity index (χ0v) is 7.08. The summed E-state index contributed by atoms with van der Waals surface area (Å²) in [6.07, 6.45) is 3.72. The highest BCUT2D eigenvalue weighted by Gasteiger charge is 2.06. The van der Waals surface area contributed by atoms with Crippen molar-refractivity contribution < 1.29 is 9.90 Å². The van der Waals surface area contributed by atoms with Crippen molar-refractivity contribution in [2.24, 2.45) is 0 Å². The molecule has 7 heteroatoms. The third-order valence-corrected chi connectivity index (χ3v) is 1.70. The Morgan fingerprint density at radius 3 is 3.29 bits per heavy atom. The van der Waals surface area contributed by atoms with E-state index in [0.717, 1.165) is 0 Å². The van der Waals surface area contributed by atoms with Gasteiger partial charge in [-0.1, -0.05) is 5.21 Å². The molecule has 0 saturated heterocycles. The molecule has 1 amide bonds. The van der Waals surface area contributed by atoms with Crippen LogP contribution in [-0.2, 0) is 6.54 Å². The van der Waals surface area contributed by atoms with Crippen LogP contribution < -0.4 is 5.32 Å². The Bertz CT molecular complexity index is 466. The van der Waals surface area contributed by atoms with E-state index in [0.29, 0.717) is 11.2 Å². The zero-order chi connectivity index (χ0) is 9.97. The van der Waals surface area contributed by atoms with Crippen LogP contribution in [0.25, 0.3) is 5.52 Å². The Morgan fingerprint density at radius 2 is 2.50 bits per heavy atom. The van der Waals surface area contributed by atoms with Gasteiger partial charge in [0.25, 0.3) is 0 Å². The van der Waals surface area contributed by atoms with Crippen LogP contribution >= 0.6 is 0 Å². The highest BCUT2D eigenvalue weighted by atomic mass is 16.4. The van der Waals surface area contributed by atoms with Gasteiger partial charge in [-0.25, -0.2) is 9.31 Å². The van der Waals surface area contributed by atoms with Gasteiger partial charge in [-0.3, -0.25) is 4.98 Å². The Morgan fingerprint density at radius 1 is 1.64 bits per heavy atom. The highest BCUT2D eigenvalue weighted by molar-refractivity contribution is 5.64. The first-order chi connectivity index (χ1) is 6.77. The summed E-state index contributed by atoms with van der Waals surface area (Å²) >= 11 is 0. The summed E-state index contributed by atoms with van der Waals surface area (Å²) in [5, 5.41) is 18.2. The van der Waals surface area contributed by atoms with E-state index < -0.39 is 6.09 Å². The van der Waals surface area contributed by atoms with Crippen LogP contribution in [0.3, 0.4) is 0 Å². The normalized spacial score (nSPS) is 10.3. The number of amides is 1. The molecule has 0 atom stereocenters. The SMILES string of the molecule is O=C(O)NCc1nnn2ccncc12. The van der Waals surface area contributed by atoms with E-state index >= 15 is 0 Å². The van der Waals surface area contributed by atoms with Crippen LogP contribution in [0.15, 0.2) is 18.6 Å². The molecule has 72 valence electrons. The number of carbonyl (C=O) groups is 1. The molecular weight excluding hydrogens is 186 g/mol. The quantitative estimate of drug-likeness (QED) is 0.694. The predicted octanol–water partition coefficient (Wildman–Crippen LogP) is -0.108. The molecule has 0 aliphatic heterocycles. The minimum Gasteiger partial charge on any atom is -0.465 e. The molecule has 0 aliphatic carbocycles. The monoisotopic (exact) mass is 193 g/mol. The second-order valence-corrected chi connectivity index (χ2v) is 2.60. The van der Waals surface area contributed by atoms with Crippen molar-refractivity contribution in [1.82, 2.24) is 25.1 Å². The van der Waals surface area contributed by atoms with E-state index in [-0.39, 0.29) is 6.54 Å². The molecule has 2 rings (SSSR count). The molecule has 2 N–H and O–H groups in total. The molecule has 0 saturated carbocycles. The predicted molar refractivity (Wildman–Crippen MR) is 45.6 cm³/mol. The molecule has 2 aromatic heterocycles. The number of carboxylic acid groups (broad SMARTS) is 1. The summed E-state index contributed by atoms with van der Waals surface area (Å²) in [6.45, 7) is 0.129. The van der Waals surface area contributed by atoms with E-state index in [1.54, 1.807) is 18.6 Å². The summed E-state index contributed by atoms with van der Waals surface area (Å²) < 4.78 is 1.53. The molecule has 2 aromatic rings. The van der Waals surface area contributed by atoms with Gasteiger partial charge in [-0.05, 0) is 0 Å². The summed E-state index contributed by atoms with van der Waals surface area (Å²) in [6, 6.07) is 0. The van der Waals surface area contributed by atoms with Crippen molar-refractivity contribution in [3.05, 3.63) is 24.3 Å². The van der Waals surface area contributed by atoms with Crippen molar-refractivity contribution in [1.29, 1.82) is 0 Å². The van der Waals surface area contributed by atoms with Gasteiger partial charge in [0.2, 0.25) is 0 Å². The summed E-state index contributed by atoms with van der Waals surface area (Å²) in [7, 11) is 0. The lowest BCUT2D eigenvalue weighted by Gasteiger charge is -1.96. The molecule has 0 fully saturated rings. The first-order valence-corrected chi connectivity index (χ1v) is 3.88. The number of hydrogen-bond acceptors (Lipinski definition) is 4. The van der Waals surface area contributed by atoms with Crippen molar-refractivity contribution in [3.8, 4) is 0 Å². The number of fused-ring (bicyclic) bond motifs is 1. The first-order valence-electron chi connectivity index (χ1n) is 3.88. The molecular formula is C7H7N5O2. The van der Waals surface area contributed by atoms with Crippen LogP contribution in [0.2, 0.25) is 0 Å². The molecule has 0 bridgehead atoms. The largest absolute Gasteiger partial charge is 0.465 e. The van der Waals surface area contributed by atoms with Gasteiger partial charge in [0.1, 0.15) is 11.2 Å². The van der Waals surface area contributed by atoms with Gasteiger partial charge in [0, 0.05) is 12.4 Å². The van der Waals surface area contributed by atoms with Gasteiger partial charge in [-0.2, -0.15) is 0 Å². The average molecular weight is 193 g/mol. The highest BCUT2D eigenvalue weighted by Crippen LogP contribution is 2.04. The lowest BCUT2D eigenvalue weighted by atomic mass is 10.4. The molecule has 0 radical (unpaired) electrons. The molecule has 2 heterocycles.